The Balaban J connectivity index is 1.69. The Bertz CT molecular complexity index is 1230. The molecule has 2 aromatic heterocycles. The lowest BCUT2D eigenvalue weighted by Crippen LogP contribution is -2.32. The molecule has 0 bridgehead atoms. The van der Waals surface area contributed by atoms with Crippen molar-refractivity contribution in [2.24, 2.45) is 0 Å². The second-order valence-corrected chi connectivity index (χ2v) is 10.7. The molecule has 3 aromatic rings. The third kappa shape index (κ3) is 4.81. The lowest BCUT2D eigenvalue weighted by atomic mass is 10.0. The highest BCUT2D eigenvalue weighted by atomic mass is 32.2. The van der Waals surface area contributed by atoms with Gasteiger partial charge in [0.25, 0.3) is 0 Å². The number of sulfone groups is 1. The molecular formula is C22H23F3N2O3S. The number of fused-ring (bicyclic) bond motifs is 1. The Morgan fingerprint density at radius 1 is 1.13 bits per heavy atom. The van der Waals surface area contributed by atoms with E-state index < -0.39 is 26.3 Å². The van der Waals surface area contributed by atoms with Gasteiger partial charge in [0.1, 0.15) is 11.3 Å². The topological polar surface area (TPSA) is 68.5 Å². The number of ketones is 1. The van der Waals surface area contributed by atoms with Gasteiger partial charge in [-0.15, -0.1) is 0 Å². The molecule has 0 aliphatic heterocycles. The molecule has 0 spiro atoms. The van der Waals surface area contributed by atoms with Crippen LogP contribution in [0.25, 0.3) is 5.65 Å². The Morgan fingerprint density at radius 2 is 1.84 bits per heavy atom. The number of alkyl halides is 3. The number of aromatic nitrogens is 2. The van der Waals surface area contributed by atoms with E-state index in [1.165, 1.54) is 16.8 Å². The molecule has 5 nitrogen and oxygen atoms in total. The van der Waals surface area contributed by atoms with E-state index in [0.717, 1.165) is 17.7 Å². The molecule has 0 aliphatic rings. The SMILES string of the molecule is Cc1cccc(S(=O)(=O)C(C)(C)CCCC(=O)c2cn3ccc(C(F)(F)F)cc3n2)c1. The highest BCUT2D eigenvalue weighted by molar-refractivity contribution is 7.92. The third-order valence-electron chi connectivity index (χ3n) is 5.28. The minimum absolute atomic E-state index is 0.0283. The van der Waals surface area contributed by atoms with Gasteiger partial charge in [-0.05, 0) is 63.4 Å². The fourth-order valence-corrected chi connectivity index (χ4v) is 4.98. The highest BCUT2D eigenvalue weighted by Gasteiger charge is 2.35. The summed E-state index contributed by atoms with van der Waals surface area (Å²) >= 11 is 0. The van der Waals surface area contributed by atoms with Crippen molar-refractivity contribution in [2.75, 3.05) is 0 Å². The average Bonchev–Trinajstić information content (AvgIpc) is 3.10. The lowest BCUT2D eigenvalue weighted by molar-refractivity contribution is -0.137. The summed E-state index contributed by atoms with van der Waals surface area (Å²) in [6.45, 7) is 5.06. The zero-order valence-corrected chi connectivity index (χ0v) is 18.2. The number of hydrogen-bond donors (Lipinski definition) is 0. The second kappa shape index (κ2) is 8.11. The fourth-order valence-electron chi connectivity index (χ4n) is 3.33. The number of benzene rings is 1. The minimum Gasteiger partial charge on any atom is -0.306 e. The van der Waals surface area contributed by atoms with E-state index in [0.29, 0.717) is 6.42 Å². The third-order valence-corrected chi connectivity index (χ3v) is 7.82. The lowest BCUT2D eigenvalue weighted by Gasteiger charge is -2.25. The van der Waals surface area contributed by atoms with Crippen LogP contribution in [0, 0.1) is 6.92 Å². The first-order valence-electron chi connectivity index (χ1n) is 9.72. The molecule has 31 heavy (non-hydrogen) atoms. The Morgan fingerprint density at radius 3 is 2.48 bits per heavy atom. The van der Waals surface area contributed by atoms with Gasteiger partial charge in [-0.1, -0.05) is 12.1 Å². The molecule has 0 fully saturated rings. The largest absolute Gasteiger partial charge is 0.416 e. The molecule has 166 valence electrons. The summed E-state index contributed by atoms with van der Waals surface area (Å²) in [4.78, 5) is 16.7. The molecule has 0 saturated heterocycles. The predicted octanol–water partition coefficient (Wildman–Crippen LogP) is 5.27. The van der Waals surface area contributed by atoms with Crippen molar-refractivity contribution in [3.63, 3.8) is 0 Å². The molecule has 2 heterocycles. The summed E-state index contributed by atoms with van der Waals surface area (Å²) in [5.41, 5.74) is 0.0829. The van der Waals surface area contributed by atoms with Gasteiger partial charge in [-0.3, -0.25) is 4.79 Å². The van der Waals surface area contributed by atoms with Crippen molar-refractivity contribution in [1.29, 1.82) is 0 Å². The van der Waals surface area contributed by atoms with E-state index in [2.05, 4.69) is 4.98 Å². The van der Waals surface area contributed by atoms with E-state index in [1.807, 2.05) is 13.0 Å². The first-order chi connectivity index (χ1) is 14.3. The van der Waals surface area contributed by atoms with Crippen molar-refractivity contribution in [1.82, 2.24) is 9.38 Å². The highest BCUT2D eigenvalue weighted by Crippen LogP contribution is 2.31. The van der Waals surface area contributed by atoms with Crippen LogP contribution in [0.4, 0.5) is 13.2 Å². The molecule has 9 heteroatoms. The number of imidazole rings is 1. The molecule has 0 saturated carbocycles. The maximum absolute atomic E-state index is 13.0. The van der Waals surface area contributed by atoms with Crippen molar-refractivity contribution >= 4 is 21.3 Å². The zero-order valence-electron chi connectivity index (χ0n) is 17.4. The first kappa shape index (κ1) is 23.0. The number of pyridine rings is 1. The number of nitrogens with zero attached hydrogens (tertiary/aromatic N) is 2. The fraction of sp³-hybridized carbons (Fsp3) is 0.364. The summed E-state index contributed by atoms with van der Waals surface area (Å²) in [6.07, 6.45) is -1.31. The van der Waals surface area contributed by atoms with E-state index in [4.69, 9.17) is 0 Å². The van der Waals surface area contributed by atoms with Gasteiger partial charge < -0.3 is 4.40 Å². The first-order valence-corrected chi connectivity index (χ1v) is 11.2. The molecule has 1 aromatic carbocycles. The molecule has 3 rings (SSSR count). The summed E-state index contributed by atoms with van der Waals surface area (Å²) < 4.78 is 64.8. The van der Waals surface area contributed by atoms with E-state index in [-0.39, 0.29) is 34.9 Å². The minimum atomic E-state index is -4.49. The van der Waals surface area contributed by atoms with Gasteiger partial charge in [0.2, 0.25) is 0 Å². The van der Waals surface area contributed by atoms with E-state index >= 15 is 0 Å². The predicted molar refractivity (Wildman–Crippen MR) is 111 cm³/mol. The van der Waals surface area contributed by atoms with Crippen LogP contribution in [-0.4, -0.2) is 28.3 Å². The van der Waals surface area contributed by atoms with Crippen LogP contribution in [-0.2, 0) is 16.0 Å². The molecule has 0 aliphatic carbocycles. The van der Waals surface area contributed by atoms with Gasteiger partial charge in [0.15, 0.2) is 15.6 Å². The standard InChI is InChI=1S/C22H23F3N2O3S/c1-15-6-4-7-17(12-15)31(29,30)21(2,3)10-5-8-19(28)18-14-27-11-9-16(22(23,24)25)13-20(27)26-18/h4,6-7,9,11-14H,5,8,10H2,1-3H3. The van der Waals surface area contributed by atoms with Crippen molar-refractivity contribution in [3.05, 3.63) is 65.6 Å². The van der Waals surface area contributed by atoms with E-state index in [9.17, 15) is 26.4 Å². The van der Waals surface area contributed by atoms with Crippen LogP contribution in [0.5, 0.6) is 0 Å². The number of hydrogen-bond acceptors (Lipinski definition) is 4. The van der Waals surface area contributed by atoms with Crippen molar-refractivity contribution in [2.45, 2.75) is 55.9 Å². The van der Waals surface area contributed by atoms with Gasteiger partial charge >= 0.3 is 6.18 Å². The van der Waals surface area contributed by atoms with Crippen LogP contribution in [0.2, 0.25) is 0 Å². The Kier molecular flexibility index (Phi) is 6.01. The van der Waals surface area contributed by atoms with Crippen LogP contribution >= 0.6 is 0 Å². The average molecular weight is 452 g/mol. The summed E-state index contributed by atoms with van der Waals surface area (Å²) in [5, 5.41) is 0. The van der Waals surface area contributed by atoms with Crippen LogP contribution in [0.3, 0.4) is 0 Å². The summed E-state index contributed by atoms with van der Waals surface area (Å²) in [5.74, 6) is -0.346. The molecular weight excluding hydrogens is 429 g/mol. The van der Waals surface area contributed by atoms with Gasteiger partial charge in [0.05, 0.1) is 15.2 Å². The van der Waals surface area contributed by atoms with Crippen LogP contribution in [0.1, 0.15) is 54.7 Å². The Hall–Kier alpha value is -2.68. The van der Waals surface area contributed by atoms with Gasteiger partial charge in [-0.25, -0.2) is 13.4 Å². The number of carbonyl (C=O) groups is 1. The number of rotatable bonds is 7. The number of aryl methyl sites for hydroxylation is 1. The van der Waals surface area contributed by atoms with E-state index in [1.54, 1.807) is 32.0 Å². The molecule has 0 unspecified atom stereocenters. The maximum Gasteiger partial charge on any atom is 0.416 e. The summed E-state index contributed by atoms with van der Waals surface area (Å²) in [6, 6.07) is 8.48. The second-order valence-electron chi connectivity index (χ2n) is 8.16. The summed E-state index contributed by atoms with van der Waals surface area (Å²) in [7, 11) is -3.60. The molecule has 0 radical (unpaired) electrons. The molecule has 0 atom stereocenters. The zero-order chi connectivity index (χ0) is 23.0. The van der Waals surface area contributed by atoms with Gasteiger partial charge in [-0.2, -0.15) is 13.2 Å². The van der Waals surface area contributed by atoms with Crippen molar-refractivity contribution < 1.29 is 26.4 Å². The van der Waals surface area contributed by atoms with Crippen LogP contribution in [0.15, 0.2) is 53.7 Å². The molecule has 0 amide bonds. The number of halogens is 3. The maximum atomic E-state index is 13.0. The van der Waals surface area contributed by atoms with Crippen molar-refractivity contribution in [3.8, 4) is 0 Å². The number of carbonyl (C=O) groups excluding carboxylic acids is 1. The smallest absolute Gasteiger partial charge is 0.306 e. The molecule has 0 N–H and O–H groups in total. The normalized spacial score (nSPS) is 13.0. The monoisotopic (exact) mass is 452 g/mol. The number of Topliss-reactive ketones (excluding diaryl/α,β-unsaturated/α-hetero) is 1. The van der Waals surface area contributed by atoms with Gasteiger partial charge in [0, 0.05) is 18.8 Å². The Labute approximate surface area is 178 Å². The quantitative estimate of drug-likeness (QED) is 0.458. The van der Waals surface area contributed by atoms with Crippen LogP contribution < -0.4 is 0 Å².